The number of aliphatic imine (C=N–C) groups is 1. The minimum atomic E-state index is -0.490. The Labute approximate surface area is 86.8 Å². The average Bonchev–Trinajstić information content (AvgIpc) is 2.63. The first-order chi connectivity index (χ1) is 7.31. The highest BCUT2D eigenvalue weighted by molar-refractivity contribution is 6.10. The van der Waals surface area contributed by atoms with Crippen molar-refractivity contribution in [2.45, 2.75) is 0 Å². The molecule has 0 spiro atoms. The Morgan fingerprint density at radius 1 is 1.33 bits per heavy atom. The third-order valence-corrected chi connectivity index (χ3v) is 1.87. The third-order valence-electron chi connectivity index (χ3n) is 1.87. The molecule has 1 aromatic rings. The van der Waals surface area contributed by atoms with Crippen LogP contribution in [0.3, 0.4) is 0 Å². The number of benzene rings is 1. The SMILES string of the molecule is CO/C=C1\N=C(c2ccccc2)OC1=O. The number of cyclic esters (lactones) is 1. The maximum Gasteiger partial charge on any atom is 0.367 e. The zero-order valence-electron chi connectivity index (χ0n) is 8.14. The monoisotopic (exact) mass is 203 g/mol. The van der Waals surface area contributed by atoms with Gasteiger partial charge in [-0.25, -0.2) is 9.79 Å². The second-order valence-electron chi connectivity index (χ2n) is 2.91. The molecule has 0 radical (unpaired) electrons. The Kier molecular flexibility index (Phi) is 2.49. The van der Waals surface area contributed by atoms with Gasteiger partial charge in [-0.05, 0) is 12.1 Å². The van der Waals surface area contributed by atoms with Gasteiger partial charge in [0, 0.05) is 5.56 Å². The van der Waals surface area contributed by atoms with Gasteiger partial charge in [0.1, 0.15) is 6.26 Å². The van der Waals surface area contributed by atoms with Crippen LogP contribution in [0.2, 0.25) is 0 Å². The van der Waals surface area contributed by atoms with Gasteiger partial charge < -0.3 is 9.47 Å². The molecule has 15 heavy (non-hydrogen) atoms. The van der Waals surface area contributed by atoms with Gasteiger partial charge in [-0.3, -0.25) is 0 Å². The summed E-state index contributed by atoms with van der Waals surface area (Å²) >= 11 is 0. The van der Waals surface area contributed by atoms with Crippen molar-refractivity contribution in [3.8, 4) is 0 Å². The predicted molar refractivity (Wildman–Crippen MR) is 54.2 cm³/mol. The predicted octanol–water partition coefficient (Wildman–Crippen LogP) is 1.48. The Morgan fingerprint density at radius 3 is 2.73 bits per heavy atom. The minimum Gasteiger partial charge on any atom is -0.502 e. The smallest absolute Gasteiger partial charge is 0.367 e. The van der Waals surface area contributed by atoms with Gasteiger partial charge in [-0.2, -0.15) is 0 Å². The number of carbonyl (C=O) groups excluding carboxylic acids is 1. The van der Waals surface area contributed by atoms with Crippen LogP contribution in [-0.4, -0.2) is 19.0 Å². The van der Waals surface area contributed by atoms with Gasteiger partial charge in [-0.1, -0.05) is 18.2 Å². The summed E-state index contributed by atoms with van der Waals surface area (Å²) in [5, 5.41) is 0. The molecule has 1 aliphatic rings. The number of hydrogen-bond acceptors (Lipinski definition) is 4. The van der Waals surface area contributed by atoms with E-state index in [1.165, 1.54) is 13.4 Å². The fourth-order valence-corrected chi connectivity index (χ4v) is 1.21. The number of ether oxygens (including phenoxy) is 2. The molecule has 1 heterocycles. The van der Waals surface area contributed by atoms with E-state index in [1.807, 2.05) is 30.3 Å². The van der Waals surface area contributed by atoms with E-state index in [9.17, 15) is 4.79 Å². The molecular formula is C11H9NO3. The Hall–Kier alpha value is -2.10. The summed E-state index contributed by atoms with van der Waals surface area (Å²) in [6, 6.07) is 9.23. The number of nitrogens with zero attached hydrogens (tertiary/aromatic N) is 1. The van der Waals surface area contributed by atoms with E-state index < -0.39 is 5.97 Å². The first-order valence-electron chi connectivity index (χ1n) is 4.40. The van der Waals surface area contributed by atoms with Gasteiger partial charge in [0.15, 0.2) is 5.70 Å². The molecule has 0 bridgehead atoms. The van der Waals surface area contributed by atoms with Crippen LogP contribution in [0.25, 0.3) is 0 Å². The summed E-state index contributed by atoms with van der Waals surface area (Å²) in [6.07, 6.45) is 1.26. The lowest BCUT2D eigenvalue weighted by molar-refractivity contribution is -0.130. The fraction of sp³-hybridized carbons (Fsp3) is 0.0909. The zero-order valence-corrected chi connectivity index (χ0v) is 8.14. The molecule has 76 valence electrons. The summed E-state index contributed by atoms with van der Waals surface area (Å²) in [5.41, 5.74) is 0.946. The van der Waals surface area contributed by atoms with E-state index in [0.29, 0.717) is 5.90 Å². The van der Waals surface area contributed by atoms with E-state index in [1.54, 1.807) is 0 Å². The van der Waals surface area contributed by atoms with Crippen LogP contribution < -0.4 is 0 Å². The van der Waals surface area contributed by atoms with Crippen LogP contribution in [0.15, 0.2) is 47.3 Å². The zero-order chi connectivity index (χ0) is 10.7. The summed E-state index contributed by atoms with van der Waals surface area (Å²) in [6.45, 7) is 0. The summed E-state index contributed by atoms with van der Waals surface area (Å²) in [5.74, 6) is -0.181. The van der Waals surface area contributed by atoms with Gasteiger partial charge in [0.05, 0.1) is 7.11 Å². The molecule has 0 saturated heterocycles. The van der Waals surface area contributed by atoms with Crippen LogP contribution in [0.4, 0.5) is 0 Å². The molecule has 0 amide bonds. The molecule has 1 aromatic carbocycles. The molecule has 0 unspecified atom stereocenters. The van der Waals surface area contributed by atoms with Crippen LogP contribution in [-0.2, 0) is 14.3 Å². The molecule has 0 aliphatic carbocycles. The van der Waals surface area contributed by atoms with Crippen molar-refractivity contribution in [2.75, 3.05) is 7.11 Å². The lowest BCUT2D eigenvalue weighted by Gasteiger charge is -1.96. The standard InChI is InChI=1S/C11H9NO3/c1-14-7-9-11(13)15-10(12-9)8-5-3-2-4-6-8/h2-7H,1H3/b9-7-. The van der Waals surface area contributed by atoms with Crippen LogP contribution in [0.1, 0.15) is 5.56 Å². The van der Waals surface area contributed by atoms with Crippen molar-refractivity contribution in [3.63, 3.8) is 0 Å². The lowest BCUT2D eigenvalue weighted by Crippen LogP contribution is -2.05. The van der Waals surface area contributed by atoms with Gasteiger partial charge in [-0.15, -0.1) is 0 Å². The van der Waals surface area contributed by atoms with Crippen LogP contribution in [0.5, 0.6) is 0 Å². The highest BCUT2D eigenvalue weighted by Crippen LogP contribution is 2.15. The minimum absolute atomic E-state index is 0.177. The van der Waals surface area contributed by atoms with Crippen molar-refractivity contribution in [1.29, 1.82) is 0 Å². The third kappa shape index (κ3) is 1.88. The molecule has 4 heteroatoms. The Bertz CT molecular complexity index is 434. The first-order valence-corrected chi connectivity index (χ1v) is 4.40. The van der Waals surface area contributed by atoms with Crippen LogP contribution >= 0.6 is 0 Å². The number of hydrogen-bond donors (Lipinski definition) is 0. The van der Waals surface area contributed by atoms with E-state index in [-0.39, 0.29) is 5.70 Å². The second kappa shape index (κ2) is 3.96. The molecule has 0 saturated carbocycles. The molecule has 1 aliphatic heterocycles. The van der Waals surface area contributed by atoms with E-state index in [4.69, 9.17) is 9.47 Å². The van der Waals surface area contributed by atoms with Crippen molar-refractivity contribution in [3.05, 3.63) is 47.9 Å². The largest absolute Gasteiger partial charge is 0.502 e. The van der Waals surface area contributed by atoms with Crippen molar-refractivity contribution >= 4 is 11.9 Å². The maximum atomic E-state index is 11.3. The van der Waals surface area contributed by atoms with Crippen molar-refractivity contribution in [2.24, 2.45) is 4.99 Å². The molecular weight excluding hydrogens is 194 g/mol. The van der Waals surface area contributed by atoms with E-state index >= 15 is 0 Å². The fourth-order valence-electron chi connectivity index (χ4n) is 1.21. The topological polar surface area (TPSA) is 47.9 Å². The molecule has 0 aromatic heterocycles. The number of rotatable bonds is 2. The van der Waals surface area contributed by atoms with Crippen LogP contribution in [0, 0.1) is 0 Å². The number of esters is 1. The first kappa shape index (κ1) is 9.45. The highest BCUT2D eigenvalue weighted by atomic mass is 16.6. The average molecular weight is 203 g/mol. The Balaban J connectivity index is 2.31. The quantitative estimate of drug-likeness (QED) is 0.415. The molecule has 0 atom stereocenters. The summed E-state index contributed by atoms with van der Waals surface area (Å²) in [7, 11) is 1.45. The summed E-state index contributed by atoms with van der Waals surface area (Å²) in [4.78, 5) is 15.3. The molecule has 4 nitrogen and oxygen atoms in total. The lowest BCUT2D eigenvalue weighted by atomic mass is 10.2. The molecule has 0 fully saturated rings. The summed E-state index contributed by atoms with van der Waals surface area (Å²) < 4.78 is 9.69. The van der Waals surface area contributed by atoms with E-state index in [2.05, 4.69) is 4.99 Å². The second-order valence-corrected chi connectivity index (χ2v) is 2.91. The van der Waals surface area contributed by atoms with Crippen molar-refractivity contribution < 1.29 is 14.3 Å². The van der Waals surface area contributed by atoms with Gasteiger partial charge in [0.25, 0.3) is 0 Å². The van der Waals surface area contributed by atoms with Crippen molar-refractivity contribution in [1.82, 2.24) is 0 Å². The number of methoxy groups -OCH3 is 1. The normalized spacial score (nSPS) is 17.5. The highest BCUT2D eigenvalue weighted by Gasteiger charge is 2.24. The van der Waals surface area contributed by atoms with E-state index in [0.717, 1.165) is 5.56 Å². The molecule has 0 N–H and O–H groups in total. The number of carbonyl (C=O) groups is 1. The van der Waals surface area contributed by atoms with Gasteiger partial charge >= 0.3 is 5.97 Å². The molecule has 2 rings (SSSR count). The maximum absolute atomic E-state index is 11.3. The Morgan fingerprint density at radius 2 is 2.07 bits per heavy atom. The van der Waals surface area contributed by atoms with Gasteiger partial charge in [0.2, 0.25) is 5.90 Å².